The molecular weight excluding hydrogens is 309 g/mol. The van der Waals surface area contributed by atoms with Gasteiger partial charge in [0.1, 0.15) is 5.69 Å². The summed E-state index contributed by atoms with van der Waals surface area (Å²) in [6.07, 6.45) is 2.72. The number of ether oxygens (including phenoxy) is 1. The van der Waals surface area contributed by atoms with Crippen LogP contribution in [-0.2, 0) is 0 Å². The molecule has 0 aliphatic carbocycles. The lowest BCUT2D eigenvalue weighted by Crippen LogP contribution is -2.01. The molecule has 3 aromatic rings. The van der Waals surface area contributed by atoms with Gasteiger partial charge < -0.3 is 9.30 Å². The molecule has 8 heteroatoms. The Bertz CT molecular complexity index is 849. The van der Waals surface area contributed by atoms with Crippen LogP contribution in [0, 0.1) is 5.82 Å². The molecule has 0 unspecified atom stereocenters. The molecule has 3 aromatic heterocycles. The molecular formula is C14H13ClFN5O. The van der Waals surface area contributed by atoms with Crippen LogP contribution in [0.2, 0.25) is 5.28 Å². The van der Waals surface area contributed by atoms with Crippen molar-refractivity contribution in [3.8, 4) is 17.3 Å². The molecule has 22 heavy (non-hydrogen) atoms. The Morgan fingerprint density at radius 3 is 2.73 bits per heavy atom. The summed E-state index contributed by atoms with van der Waals surface area (Å²) in [7, 11) is 1.49. The van der Waals surface area contributed by atoms with E-state index in [1.807, 2.05) is 18.4 Å². The third kappa shape index (κ3) is 2.37. The Balaban J connectivity index is 2.30. The smallest absolute Gasteiger partial charge is 0.242 e. The maximum absolute atomic E-state index is 14.0. The Morgan fingerprint density at radius 1 is 1.27 bits per heavy atom. The fourth-order valence-electron chi connectivity index (χ4n) is 2.20. The van der Waals surface area contributed by atoms with Crippen LogP contribution in [0.25, 0.3) is 22.4 Å². The SMILES string of the molecule is COc1nc(-c2nc(Cl)ncc2F)cc2c1ncn2C(C)C. The Hall–Kier alpha value is -2.28. The Kier molecular flexibility index (Phi) is 3.66. The van der Waals surface area contributed by atoms with Crippen molar-refractivity contribution < 1.29 is 9.13 Å². The molecule has 3 rings (SSSR count). The highest BCUT2D eigenvalue weighted by atomic mass is 35.5. The highest BCUT2D eigenvalue weighted by molar-refractivity contribution is 6.28. The predicted molar refractivity (Wildman–Crippen MR) is 80.5 cm³/mol. The van der Waals surface area contributed by atoms with E-state index in [0.29, 0.717) is 17.1 Å². The van der Waals surface area contributed by atoms with Crippen molar-refractivity contribution in [3.05, 3.63) is 29.7 Å². The third-order valence-electron chi connectivity index (χ3n) is 3.24. The summed E-state index contributed by atoms with van der Waals surface area (Å²) in [5.74, 6) is -0.296. The van der Waals surface area contributed by atoms with E-state index in [4.69, 9.17) is 16.3 Å². The highest BCUT2D eigenvalue weighted by Gasteiger charge is 2.17. The number of imidazole rings is 1. The number of nitrogens with zero attached hydrogens (tertiary/aromatic N) is 5. The van der Waals surface area contributed by atoms with E-state index in [9.17, 15) is 4.39 Å². The zero-order valence-corrected chi connectivity index (χ0v) is 13.0. The zero-order valence-electron chi connectivity index (χ0n) is 12.2. The second kappa shape index (κ2) is 5.49. The van der Waals surface area contributed by atoms with Gasteiger partial charge in [0.2, 0.25) is 11.2 Å². The van der Waals surface area contributed by atoms with Crippen LogP contribution in [-0.4, -0.2) is 31.6 Å². The van der Waals surface area contributed by atoms with Gasteiger partial charge in [-0.05, 0) is 31.5 Å². The van der Waals surface area contributed by atoms with E-state index in [2.05, 4.69) is 19.9 Å². The summed E-state index contributed by atoms with van der Waals surface area (Å²) < 4.78 is 21.2. The Labute approximate surface area is 131 Å². The van der Waals surface area contributed by atoms with Gasteiger partial charge in [0.15, 0.2) is 11.3 Å². The first-order valence-electron chi connectivity index (χ1n) is 6.61. The van der Waals surface area contributed by atoms with Crippen LogP contribution in [0.4, 0.5) is 4.39 Å². The number of rotatable bonds is 3. The van der Waals surface area contributed by atoms with Gasteiger partial charge >= 0.3 is 0 Å². The maximum atomic E-state index is 14.0. The van der Waals surface area contributed by atoms with E-state index in [0.717, 1.165) is 11.7 Å². The standard InChI is InChI=1S/C14H13ClFN5O/c1-7(2)21-6-18-12-10(21)4-9(19-13(12)22-3)11-8(16)5-17-14(15)20-11/h4-7H,1-3H3. The first-order chi connectivity index (χ1) is 10.5. The molecule has 0 fully saturated rings. The van der Waals surface area contributed by atoms with Crippen molar-refractivity contribution in [1.82, 2.24) is 24.5 Å². The zero-order chi connectivity index (χ0) is 15.9. The first kappa shape index (κ1) is 14.6. The van der Waals surface area contributed by atoms with Crippen molar-refractivity contribution in [2.75, 3.05) is 7.11 Å². The van der Waals surface area contributed by atoms with E-state index in [-0.39, 0.29) is 17.0 Å². The van der Waals surface area contributed by atoms with Crippen LogP contribution in [0.15, 0.2) is 18.6 Å². The third-order valence-corrected chi connectivity index (χ3v) is 3.42. The van der Waals surface area contributed by atoms with Gasteiger partial charge in [-0.2, -0.15) is 0 Å². The minimum atomic E-state index is -0.603. The van der Waals surface area contributed by atoms with E-state index < -0.39 is 5.82 Å². The maximum Gasteiger partial charge on any atom is 0.242 e. The number of hydrogen-bond acceptors (Lipinski definition) is 5. The van der Waals surface area contributed by atoms with Gasteiger partial charge in [0.05, 0.1) is 30.8 Å². The fraction of sp³-hybridized carbons (Fsp3) is 0.286. The number of hydrogen-bond donors (Lipinski definition) is 0. The second-order valence-electron chi connectivity index (χ2n) is 4.97. The van der Waals surface area contributed by atoms with E-state index >= 15 is 0 Å². The minimum absolute atomic E-state index is 0.0247. The summed E-state index contributed by atoms with van der Waals surface area (Å²) in [6.45, 7) is 4.05. The lowest BCUT2D eigenvalue weighted by molar-refractivity contribution is 0.403. The molecule has 0 radical (unpaired) electrons. The van der Waals surface area contributed by atoms with Crippen molar-refractivity contribution in [2.24, 2.45) is 0 Å². The molecule has 6 nitrogen and oxygen atoms in total. The summed E-state index contributed by atoms with van der Waals surface area (Å²) in [5.41, 5.74) is 1.73. The molecule has 0 bridgehead atoms. The summed E-state index contributed by atoms with van der Waals surface area (Å²) in [4.78, 5) is 16.1. The van der Waals surface area contributed by atoms with Gasteiger partial charge in [-0.25, -0.2) is 24.3 Å². The van der Waals surface area contributed by atoms with Crippen molar-refractivity contribution in [1.29, 1.82) is 0 Å². The molecule has 3 heterocycles. The quantitative estimate of drug-likeness (QED) is 0.693. The molecule has 0 saturated heterocycles. The van der Waals surface area contributed by atoms with Crippen molar-refractivity contribution >= 4 is 22.6 Å². The van der Waals surface area contributed by atoms with Gasteiger partial charge in [-0.3, -0.25) is 0 Å². The minimum Gasteiger partial charge on any atom is -0.479 e. The summed E-state index contributed by atoms with van der Waals surface area (Å²) in [5, 5.41) is -0.0466. The van der Waals surface area contributed by atoms with Crippen LogP contribution in [0.1, 0.15) is 19.9 Å². The lowest BCUT2D eigenvalue weighted by atomic mass is 10.2. The average molecular weight is 322 g/mol. The van der Waals surface area contributed by atoms with E-state index in [1.165, 1.54) is 7.11 Å². The van der Waals surface area contributed by atoms with Gasteiger partial charge in [-0.15, -0.1) is 0 Å². The van der Waals surface area contributed by atoms with E-state index in [1.54, 1.807) is 12.4 Å². The first-order valence-corrected chi connectivity index (χ1v) is 6.99. The molecule has 0 saturated carbocycles. The van der Waals surface area contributed by atoms with Gasteiger partial charge in [0.25, 0.3) is 0 Å². The fourth-order valence-corrected chi connectivity index (χ4v) is 2.34. The van der Waals surface area contributed by atoms with Crippen LogP contribution in [0.5, 0.6) is 5.88 Å². The van der Waals surface area contributed by atoms with Crippen molar-refractivity contribution in [3.63, 3.8) is 0 Å². The van der Waals surface area contributed by atoms with Gasteiger partial charge in [-0.1, -0.05) is 0 Å². The number of pyridine rings is 1. The number of methoxy groups -OCH3 is 1. The molecule has 0 aliphatic rings. The van der Waals surface area contributed by atoms with Gasteiger partial charge in [0, 0.05) is 6.04 Å². The predicted octanol–water partition coefficient (Wildman–Crippen LogP) is 3.27. The number of fused-ring (bicyclic) bond motifs is 1. The molecule has 0 aliphatic heterocycles. The molecule has 0 atom stereocenters. The summed E-state index contributed by atoms with van der Waals surface area (Å²) in [6, 6.07) is 1.90. The number of halogens is 2. The molecule has 0 aromatic carbocycles. The highest BCUT2D eigenvalue weighted by Crippen LogP contribution is 2.30. The van der Waals surface area contributed by atoms with Crippen LogP contribution < -0.4 is 4.74 Å². The Morgan fingerprint density at radius 2 is 2.05 bits per heavy atom. The van der Waals surface area contributed by atoms with Crippen LogP contribution >= 0.6 is 11.6 Å². The molecule has 0 N–H and O–H groups in total. The van der Waals surface area contributed by atoms with Crippen molar-refractivity contribution in [2.45, 2.75) is 19.9 Å². The molecule has 114 valence electrons. The topological polar surface area (TPSA) is 65.7 Å². The summed E-state index contributed by atoms with van der Waals surface area (Å²) >= 11 is 5.75. The number of aromatic nitrogens is 5. The normalized spacial score (nSPS) is 11.4. The molecule has 0 amide bonds. The molecule has 0 spiro atoms. The largest absolute Gasteiger partial charge is 0.479 e. The second-order valence-corrected chi connectivity index (χ2v) is 5.30. The van der Waals surface area contributed by atoms with Crippen LogP contribution in [0.3, 0.4) is 0 Å². The average Bonchev–Trinajstić information content (AvgIpc) is 2.92. The lowest BCUT2D eigenvalue weighted by Gasteiger charge is -2.10. The monoisotopic (exact) mass is 321 g/mol.